The molecule has 432 valence electrons. The van der Waals surface area contributed by atoms with Gasteiger partial charge >= 0.3 is 12.2 Å². The molecule has 10 atom stereocenters. The van der Waals surface area contributed by atoms with Crippen molar-refractivity contribution in [3.8, 4) is 0 Å². The summed E-state index contributed by atoms with van der Waals surface area (Å²) in [7, 11) is 6.86. The number of rotatable bonds is 20. The van der Waals surface area contributed by atoms with Crippen LogP contribution < -0.4 is 31.1 Å². The molecule has 0 aliphatic carbocycles. The second-order valence-corrected chi connectivity index (χ2v) is 27.2. The Balaban J connectivity index is 1.14. The molecule has 0 radical (unpaired) electrons. The highest BCUT2D eigenvalue weighted by molar-refractivity contribution is 6.77. The van der Waals surface area contributed by atoms with Crippen LogP contribution >= 0.6 is 0 Å². The van der Waals surface area contributed by atoms with Gasteiger partial charge in [0.1, 0.15) is 29.9 Å². The van der Waals surface area contributed by atoms with Gasteiger partial charge in [-0.05, 0) is 99.1 Å². The first kappa shape index (κ1) is 60.2. The maximum absolute atomic E-state index is 16.5. The van der Waals surface area contributed by atoms with Crippen LogP contribution in [-0.4, -0.2) is 172 Å². The Bertz CT molecular complexity index is 2470. The van der Waals surface area contributed by atoms with E-state index < -0.39 is 91.9 Å². The van der Waals surface area contributed by atoms with E-state index in [2.05, 4.69) is 34.4 Å². The first-order chi connectivity index (χ1) is 37.7. The molecule has 7 rings (SSSR count). The lowest BCUT2D eigenvalue weighted by Crippen LogP contribution is -2.56. The third-order valence-corrected chi connectivity index (χ3v) is 19.3. The summed E-state index contributed by atoms with van der Waals surface area (Å²) in [4.78, 5) is 87.6. The van der Waals surface area contributed by atoms with Gasteiger partial charge in [0.2, 0.25) is 23.6 Å². The van der Waals surface area contributed by atoms with Crippen molar-refractivity contribution in [1.82, 2.24) is 20.4 Å². The molecule has 4 saturated heterocycles. The van der Waals surface area contributed by atoms with Crippen molar-refractivity contribution in [3.63, 3.8) is 0 Å². The molecule has 0 bridgehead atoms. The number of benzene rings is 3. The van der Waals surface area contributed by atoms with E-state index in [1.54, 1.807) is 52.3 Å². The Labute approximate surface area is 462 Å². The van der Waals surface area contributed by atoms with Gasteiger partial charge in [0, 0.05) is 83.5 Å². The number of likely N-dealkylation sites (tertiary alicyclic amines) is 2. The number of amides is 6. The first-order valence-electron chi connectivity index (χ1n) is 26.9. The van der Waals surface area contributed by atoms with E-state index >= 15 is 8.78 Å². The van der Waals surface area contributed by atoms with Crippen LogP contribution in [0.5, 0.6) is 0 Å². The van der Waals surface area contributed by atoms with Crippen molar-refractivity contribution < 1.29 is 66.0 Å². The van der Waals surface area contributed by atoms with Gasteiger partial charge in [0.15, 0.2) is 11.6 Å². The Morgan fingerprint density at radius 2 is 1.01 bits per heavy atom. The number of alkyl carbamates (subject to hydrolysis) is 2. The molecule has 4 N–H and O–H groups in total. The average Bonchev–Trinajstić information content (AvgIpc) is 4.28. The minimum atomic E-state index is -1.45. The molecule has 0 aromatic heterocycles. The van der Waals surface area contributed by atoms with Gasteiger partial charge in [-0.2, -0.15) is 0 Å². The molecule has 6 amide bonds. The topological polar surface area (TPSA) is 219 Å². The molecule has 3 aromatic rings. The van der Waals surface area contributed by atoms with Crippen LogP contribution in [0, 0.1) is 23.5 Å². The maximum atomic E-state index is 16.5. The molecule has 4 heterocycles. The normalized spacial score (nSPS) is 23.3. The van der Waals surface area contributed by atoms with Crippen LogP contribution in [-0.2, 0) is 47.6 Å². The monoisotopic (exact) mass is 1120 g/mol. The maximum Gasteiger partial charge on any atom is 0.407 e. The zero-order valence-electron chi connectivity index (χ0n) is 47.0. The fourth-order valence-electron chi connectivity index (χ4n) is 11.5. The summed E-state index contributed by atoms with van der Waals surface area (Å²) in [6.07, 6.45) is -1.32. The summed E-state index contributed by atoms with van der Waals surface area (Å²) in [6, 6.07) is 14.4. The van der Waals surface area contributed by atoms with Crippen molar-refractivity contribution in [2.45, 2.75) is 113 Å². The molecule has 23 heteroatoms. The van der Waals surface area contributed by atoms with Gasteiger partial charge in [-0.3, -0.25) is 19.2 Å². The Morgan fingerprint density at radius 1 is 0.620 bits per heavy atom. The molecule has 0 saturated carbocycles. The van der Waals surface area contributed by atoms with E-state index in [1.165, 1.54) is 50.4 Å². The van der Waals surface area contributed by atoms with Gasteiger partial charge in [-0.1, -0.05) is 37.4 Å². The fourth-order valence-corrected chi connectivity index (χ4v) is 13.5. The molecule has 0 spiro atoms. The van der Waals surface area contributed by atoms with Crippen molar-refractivity contribution in [2.75, 3.05) is 102 Å². The third-order valence-electron chi connectivity index (χ3n) is 16.1. The minimum Gasteiger partial charge on any atom is -0.453 e. The number of halogens is 2. The van der Waals surface area contributed by atoms with Gasteiger partial charge in [-0.15, -0.1) is 0 Å². The SMILES string of the molecule is COC[C@H]1C[C@@H](C(=O)Nc2ccc([C@@H]3CC[C@@H](c4ccc(NC(=O)[C@@H]5C[C@H](COC)CN5C(=O)[C@@H](NC(=O)OC)[C@@H](C)OC)cc4)N3c3cc(F)c(N4CC[Si](C)(C)CC4)c(F)c3)cc2)N(C(=O)[C@@H](NC(=O)OC)[C@@H](C)OC)C1. The quantitative estimate of drug-likeness (QED) is 0.0867. The largest absolute Gasteiger partial charge is 0.453 e. The molecule has 4 aliphatic rings. The smallest absolute Gasteiger partial charge is 0.407 e. The van der Waals surface area contributed by atoms with Crippen LogP contribution in [0.1, 0.15) is 62.7 Å². The van der Waals surface area contributed by atoms with Gasteiger partial charge in [-0.25, -0.2) is 18.4 Å². The molecule has 4 aliphatic heterocycles. The van der Waals surface area contributed by atoms with Crippen molar-refractivity contribution in [1.29, 1.82) is 0 Å². The third kappa shape index (κ3) is 14.1. The number of methoxy groups -OCH3 is 6. The lowest BCUT2D eigenvalue weighted by molar-refractivity contribution is -0.141. The van der Waals surface area contributed by atoms with E-state index in [4.69, 9.17) is 28.4 Å². The molecule has 20 nitrogen and oxygen atoms in total. The van der Waals surface area contributed by atoms with Crippen LogP contribution in [0.15, 0.2) is 60.7 Å². The molecular weight excluding hydrogens is 1040 g/mol. The lowest BCUT2D eigenvalue weighted by Gasteiger charge is -2.38. The van der Waals surface area contributed by atoms with Crippen molar-refractivity contribution in [2.24, 2.45) is 11.8 Å². The summed E-state index contributed by atoms with van der Waals surface area (Å²) in [6.45, 7) is 10.1. The highest BCUT2D eigenvalue weighted by Crippen LogP contribution is 2.48. The zero-order valence-corrected chi connectivity index (χ0v) is 48.0. The lowest BCUT2D eigenvalue weighted by atomic mass is 10.0. The molecule has 3 aromatic carbocycles. The van der Waals surface area contributed by atoms with Gasteiger partial charge < -0.3 is 69.3 Å². The van der Waals surface area contributed by atoms with E-state index in [9.17, 15) is 28.8 Å². The summed E-state index contributed by atoms with van der Waals surface area (Å²) in [5, 5.41) is 11.1. The van der Waals surface area contributed by atoms with Crippen LogP contribution in [0.3, 0.4) is 0 Å². The summed E-state index contributed by atoms with van der Waals surface area (Å²) in [5.41, 5.74) is 2.89. The predicted molar refractivity (Wildman–Crippen MR) is 296 cm³/mol. The summed E-state index contributed by atoms with van der Waals surface area (Å²) in [5.74, 6) is -3.50. The Kier molecular flexibility index (Phi) is 20.4. The molecular formula is C56H78F2N8O12Si. The van der Waals surface area contributed by atoms with E-state index in [0.29, 0.717) is 69.0 Å². The molecule has 79 heavy (non-hydrogen) atoms. The highest BCUT2D eigenvalue weighted by atomic mass is 28.3. The van der Waals surface area contributed by atoms with Crippen LogP contribution in [0.25, 0.3) is 0 Å². The van der Waals surface area contributed by atoms with Crippen molar-refractivity contribution in [3.05, 3.63) is 83.4 Å². The molecule has 0 unspecified atom stereocenters. The number of ether oxygens (including phenoxy) is 6. The van der Waals surface area contributed by atoms with E-state index in [1.807, 2.05) is 34.1 Å². The molecule has 4 fully saturated rings. The second-order valence-electron chi connectivity index (χ2n) is 21.9. The van der Waals surface area contributed by atoms with Crippen LogP contribution in [0.2, 0.25) is 25.2 Å². The number of hydrogen-bond donors (Lipinski definition) is 4. The average molecular weight is 1120 g/mol. The number of nitrogens with zero attached hydrogens (tertiary/aromatic N) is 4. The van der Waals surface area contributed by atoms with Gasteiger partial charge in [0.05, 0.1) is 59.8 Å². The standard InChI is InChI=1S/C56H78F2N8O12Si/c1-33(75-5)48(61-55(71)77-7)53(69)64-29-35(31-73-3)25-46(64)51(67)59-39-15-11-37(12-16-39)44-19-20-45(66(44)41-27-42(57)50(43(58)28-41)63-21-23-79(9,10)24-22-63)38-13-17-40(18-14-38)60-52(68)47-26-36(32-74-4)30-65(47)54(70)49(34(2)76-6)62-56(72)78-8/h11-18,27-28,33-36,44-49H,19-26,29-32H2,1-10H3,(H,59,67)(H,60,68)(H,61,71)(H,62,72)/t33-,34-,35+,36+,44+,45+,46+,47+,48+,49+/m1/s1. The fraction of sp³-hybridized carbons (Fsp3) is 0.571. The minimum absolute atomic E-state index is 0.0280. The first-order valence-corrected chi connectivity index (χ1v) is 30.3. The number of carbonyl (C=O) groups excluding carboxylic acids is 6. The van der Waals surface area contributed by atoms with Crippen molar-refractivity contribution >= 4 is 66.6 Å². The Hall–Kier alpha value is -6.40. The predicted octanol–water partition coefficient (Wildman–Crippen LogP) is 6.70. The zero-order chi connectivity index (χ0) is 57.3. The van der Waals surface area contributed by atoms with Gasteiger partial charge in [0.25, 0.3) is 0 Å². The summed E-state index contributed by atoms with van der Waals surface area (Å²) >= 11 is 0. The highest BCUT2D eigenvalue weighted by Gasteiger charge is 2.46. The number of carbonyl (C=O) groups is 6. The van der Waals surface area contributed by atoms with E-state index in [0.717, 1.165) is 23.2 Å². The number of anilines is 4. The van der Waals surface area contributed by atoms with Crippen LogP contribution in [0.4, 0.5) is 41.1 Å². The number of hydrogen-bond acceptors (Lipinski definition) is 14. The second kappa shape index (κ2) is 26.7. The Morgan fingerprint density at radius 3 is 1.37 bits per heavy atom. The number of nitrogens with one attached hydrogen (secondary N) is 4. The van der Waals surface area contributed by atoms with E-state index in [-0.39, 0.29) is 42.7 Å². The summed E-state index contributed by atoms with van der Waals surface area (Å²) < 4.78 is 64.3.